The lowest BCUT2D eigenvalue weighted by Crippen LogP contribution is -2.50. The number of piperazine rings is 1. The highest BCUT2D eigenvalue weighted by Crippen LogP contribution is 2.37. The summed E-state index contributed by atoms with van der Waals surface area (Å²) >= 11 is 0. The molecule has 27 heavy (non-hydrogen) atoms. The molecule has 3 heterocycles. The van der Waals surface area contributed by atoms with Crippen LogP contribution in [0.3, 0.4) is 0 Å². The van der Waals surface area contributed by atoms with Crippen molar-refractivity contribution >= 4 is 29.2 Å². The first-order chi connectivity index (χ1) is 12.8. The maximum absolute atomic E-state index is 12.3. The average molecular weight is 373 g/mol. The molecule has 146 valence electrons. The van der Waals surface area contributed by atoms with Gasteiger partial charge in [0, 0.05) is 26.2 Å². The van der Waals surface area contributed by atoms with Gasteiger partial charge in [-0.05, 0) is 27.2 Å². The molecule has 0 bridgehead atoms. The highest BCUT2D eigenvalue weighted by molar-refractivity contribution is 6.32. The first-order valence-corrected chi connectivity index (χ1v) is 9.40. The van der Waals surface area contributed by atoms with E-state index in [4.69, 9.17) is 4.74 Å². The molecule has 0 atom stereocenters. The second-order valence-corrected chi connectivity index (χ2v) is 7.74. The normalized spacial score (nSPS) is 18.5. The zero-order valence-electron chi connectivity index (χ0n) is 16.4. The summed E-state index contributed by atoms with van der Waals surface area (Å²) in [7, 11) is 0. The summed E-state index contributed by atoms with van der Waals surface area (Å²) in [5.41, 5.74) is 0.894. The van der Waals surface area contributed by atoms with E-state index in [2.05, 4.69) is 27.1 Å². The molecule has 0 aliphatic carbocycles. The molecule has 2 aliphatic rings. The maximum atomic E-state index is 12.3. The van der Waals surface area contributed by atoms with Gasteiger partial charge in [-0.1, -0.05) is 19.4 Å². The fraction of sp³-hybridized carbons (Fsp3) is 0.579. The van der Waals surface area contributed by atoms with Crippen molar-refractivity contribution in [2.45, 2.75) is 46.1 Å². The Morgan fingerprint density at radius 1 is 1.26 bits per heavy atom. The van der Waals surface area contributed by atoms with Crippen LogP contribution in [0.5, 0.6) is 0 Å². The Hall–Kier alpha value is -2.64. The number of ether oxygens (including phenoxy) is 1. The number of unbranched alkanes of at least 4 members (excludes halogenated alkanes) is 1. The minimum atomic E-state index is -0.507. The van der Waals surface area contributed by atoms with E-state index in [0.717, 1.165) is 24.2 Å². The Kier molecular flexibility index (Phi) is 5.34. The molecule has 1 saturated heterocycles. The second kappa shape index (κ2) is 7.54. The van der Waals surface area contributed by atoms with E-state index in [1.807, 2.05) is 26.8 Å². The number of rotatable bonds is 3. The predicted molar refractivity (Wildman–Crippen MR) is 104 cm³/mol. The summed E-state index contributed by atoms with van der Waals surface area (Å²) in [4.78, 5) is 37.0. The zero-order valence-corrected chi connectivity index (χ0v) is 16.4. The van der Waals surface area contributed by atoms with Gasteiger partial charge in [0.05, 0.1) is 11.1 Å². The lowest BCUT2D eigenvalue weighted by atomic mass is 10.1. The number of amides is 2. The summed E-state index contributed by atoms with van der Waals surface area (Å²) < 4.78 is 5.45. The van der Waals surface area contributed by atoms with Crippen molar-refractivity contribution in [1.29, 1.82) is 0 Å². The van der Waals surface area contributed by atoms with Crippen molar-refractivity contribution in [3.05, 3.63) is 18.0 Å². The molecule has 8 nitrogen and oxygen atoms in total. The number of allylic oxidation sites excluding steroid dienone is 1. The topological polar surface area (TPSA) is 87.7 Å². The van der Waals surface area contributed by atoms with Crippen LogP contribution in [0.2, 0.25) is 0 Å². The fourth-order valence-corrected chi connectivity index (χ4v) is 3.16. The molecule has 8 heteroatoms. The molecule has 1 aromatic rings. The number of anilines is 2. The van der Waals surface area contributed by atoms with E-state index < -0.39 is 5.60 Å². The maximum Gasteiger partial charge on any atom is 0.410 e. The largest absolute Gasteiger partial charge is 0.444 e. The van der Waals surface area contributed by atoms with Gasteiger partial charge in [0.25, 0.3) is 5.91 Å². The van der Waals surface area contributed by atoms with Crippen LogP contribution < -0.4 is 10.2 Å². The van der Waals surface area contributed by atoms with Crippen LogP contribution in [-0.4, -0.2) is 58.6 Å². The molecule has 0 aromatic carbocycles. The number of fused-ring (bicyclic) bond motifs is 1. The third kappa shape index (κ3) is 4.20. The minimum absolute atomic E-state index is 0.132. The SMILES string of the molecule is CCC/C=C1\C(=O)Nc2ncnc(N3CCN(C(=O)OC(C)(C)C)CC3)c21. The first kappa shape index (κ1) is 19.1. The van der Waals surface area contributed by atoms with Gasteiger partial charge in [-0.2, -0.15) is 0 Å². The summed E-state index contributed by atoms with van der Waals surface area (Å²) in [6, 6.07) is 0. The molecule has 0 radical (unpaired) electrons. The van der Waals surface area contributed by atoms with Gasteiger partial charge < -0.3 is 19.9 Å². The highest BCUT2D eigenvalue weighted by atomic mass is 16.6. The van der Waals surface area contributed by atoms with Gasteiger partial charge in [0.2, 0.25) is 0 Å². The van der Waals surface area contributed by atoms with Crippen LogP contribution in [0, 0.1) is 0 Å². The van der Waals surface area contributed by atoms with Crippen molar-refractivity contribution in [2.75, 3.05) is 36.4 Å². The molecule has 2 amide bonds. The van der Waals surface area contributed by atoms with Gasteiger partial charge >= 0.3 is 6.09 Å². The van der Waals surface area contributed by atoms with Gasteiger partial charge in [0.1, 0.15) is 23.6 Å². The Morgan fingerprint density at radius 2 is 1.96 bits per heavy atom. The molecule has 1 N–H and O–H groups in total. The number of nitrogens with one attached hydrogen (secondary N) is 1. The van der Waals surface area contributed by atoms with E-state index in [1.54, 1.807) is 4.90 Å². The summed E-state index contributed by atoms with van der Waals surface area (Å²) in [6.07, 6.45) is 4.91. The van der Waals surface area contributed by atoms with Crippen LogP contribution in [-0.2, 0) is 9.53 Å². The average Bonchev–Trinajstić information content (AvgIpc) is 2.93. The van der Waals surface area contributed by atoms with Gasteiger partial charge in [-0.25, -0.2) is 14.8 Å². The van der Waals surface area contributed by atoms with Gasteiger partial charge in [-0.15, -0.1) is 0 Å². The van der Waals surface area contributed by atoms with E-state index in [1.165, 1.54) is 6.33 Å². The zero-order chi connectivity index (χ0) is 19.6. The second-order valence-electron chi connectivity index (χ2n) is 7.74. The number of hydrogen-bond acceptors (Lipinski definition) is 6. The molecule has 1 aromatic heterocycles. The smallest absolute Gasteiger partial charge is 0.410 e. The molecule has 0 spiro atoms. The van der Waals surface area contributed by atoms with Crippen molar-refractivity contribution in [3.8, 4) is 0 Å². The van der Waals surface area contributed by atoms with E-state index in [0.29, 0.717) is 37.6 Å². The molecule has 0 unspecified atom stereocenters. The number of hydrogen-bond donors (Lipinski definition) is 1. The predicted octanol–water partition coefficient (Wildman–Crippen LogP) is 2.67. The Labute approximate surface area is 159 Å². The molecule has 2 aliphatic heterocycles. The Balaban J connectivity index is 1.76. The standard InChI is InChI=1S/C19H27N5O3/c1-5-6-7-13-14-15(22-17(13)25)20-12-21-16(14)23-8-10-24(11-9-23)18(26)27-19(2,3)4/h7,12H,5-6,8-11H2,1-4H3,(H,20,21,22,25)/b13-7-. The van der Waals surface area contributed by atoms with Crippen LogP contribution in [0.1, 0.15) is 46.1 Å². The third-order valence-electron chi connectivity index (χ3n) is 4.44. The number of aromatic nitrogens is 2. The molecular formula is C19H27N5O3. The summed E-state index contributed by atoms with van der Waals surface area (Å²) in [6.45, 7) is 9.99. The van der Waals surface area contributed by atoms with Crippen molar-refractivity contribution < 1.29 is 14.3 Å². The number of nitrogens with zero attached hydrogens (tertiary/aromatic N) is 4. The lowest BCUT2D eigenvalue weighted by Gasteiger charge is -2.36. The quantitative estimate of drug-likeness (QED) is 0.820. The fourth-order valence-electron chi connectivity index (χ4n) is 3.16. The van der Waals surface area contributed by atoms with Crippen LogP contribution >= 0.6 is 0 Å². The van der Waals surface area contributed by atoms with Crippen molar-refractivity contribution in [2.24, 2.45) is 0 Å². The van der Waals surface area contributed by atoms with Gasteiger partial charge in [0.15, 0.2) is 0 Å². The minimum Gasteiger partial charge on any atom is -0.444 e. The van der Waals surface area contributed by atoms with Crippen molar-refractivity contribution in [1.82, 2.24) is 14.9 Å². The van der Waals surface area contributed by atoms with Crippen LogP contribution in [0.15, 0.2) is 12.4 Å². The monoisotopic (exact) mass is 373 g/mol. The lowest BCUT2D eigenvalue weighted by molar-refractivity contribution is -0.110. The van der Waals surface area contributed by atoms with E-state index >= 15 is 0 Å². The first-order valence-electron chi connectivity index (χ1n) is 9.40. The molecule has 1 fully saturated rings. The van der Waals surface area contributed by atoms with Crippen LogP contribution in [0.25, 0.3) is 5.57 Å². The number of carbonyl (C=O) groups is 2. The van der Waals surface area contributed by atoms with Crippen molar-refractivity contribution in [3.63, 3.8) is 0 Å². The number of carbonyl (C=O) groups excluding carboxylic acids is 2. The Bertz CT molecular complexity index is 761. The molecule has 3 rings (SSSR count). The summed E-state index contributed by atoms with van der Waals surface area (Å²) in [5, 5.41) is 2.82. The highest BCUT2D eigenvalue weighted by Gasteiger charge is 2.33. The summed E-state index contributed by atoms with van der Waals surface area (Å²) in [5.74, 6) is 1.17. The molecule has 0 saturated carbocycles. The van der Waals surface area contributed by atoms with Crippen LogP contribution in [0.4, 0.5) is 16.4 Å². The third-order valence-corrected chi connectivity index (χ3v) is 4.44. The molecular weight excluding hydrogens is 346 g/mol. The Morgan fingerprint density at radius 3 is 2.59 bits per heavy atom. The van der Waals surface area contributed by atoms with E-state index in [9.17, 15) is 9.59 Å². The van der Waals surface area contributed by atoms with E-state index in [-0.39, 0.29) is 12.0 Å². The van der Waals surface area contributed by atoms with Gasteiger partial charge in [-0.3, -0.25) is 4.79 Å².